The summed E-state index contributed by atoms with van der Waals surface area (Å²) in [5, 5.41) is 0. The Bertz CT molecular complexity index is 477. The maximum absolute atomic E-state index is 2.47. The lowest BCUT2D eigenvalue weighted by Gasteiger charge is -2.12. The summed E-state index contributed by atoms with van der Waals surface area (Å²) in [6.07, 6.45) is 9.66. The Hall–Kier alpha value is -1.30. The van der Waals surface area contributed by atoms with Crippen molar-refractivity contribution in [2.75, 3.05) is 0 Å². The molecule has 0 amide bonds. The molecular weight excluding hydrogens is 192 g/mol. The standard InChI is InChI=1S/C16H18/c1-3-12-8-11(2)4-7-16(12)14-6-5-13-9-15(13)10-14/h4-8,10,13,15H,3,9H2,1-2H3. The Kier molecular flexibility index (Phi) is 2.24. The number of rotatable bonds is 2. The number of benzene rings is 1. The zero-order valence-corrected chi connectivity index (χ0v) is 10.0. The van der Waals surface area contributed by atoms with E-state index in [4.69, 9.17) is 0 Å². The monoisotopic (exact) mass is 210 g/mol. The van der Waals surface area contributed by atoms with Crippen molar-refractivity contribution < 1.29 is 0 Å². The lowest BCUT2D eigenvalue weighted by Crippen LogP contribution is -1.94. The van der Waals surface area contributed by atoms with Gasteiger partial charge in [-0.15, -0.1) is 0 Å². The lowest BCUT2D eigenvalue weighted by molar-refractivity contribution is 0.983. The van der Waals surface area contributed by atoms with Crippen LogP contribution in [0.5, 0.6) is 0 Å². The van der Waals surface area contributed by atoms with Gasteiger partial charge in [0.1, 0.15) is 0 Å². The molecule has 1 saturated carbocycles. The first-order valence-corrected chi connectivity index (χ1v) is 6.28. The Balaban J connectivity index is 2.02. The van der Waals surface area contributed by atoms with Gasteiger partial charge >= 0.3 is 0 Å². The maximum Gasteiger partial charge on any atom is -0.0155 e. The Labute approximate surface area is 97.7 Å². The molecule has 0 saturated heterocycles. The first kappa shape index (κ1) is 9.89. The van der Waals surface area contributed by atoms with Crippen molar-refractivity contribution >= 4 is 5.57 Å². The van der Waals surface area contributed by atoms with Crippen molar-refractivity contribution in [3.63, 3.8) is 0 Å². The van der Waals surface area contributed by atoms with E-state index in [1.165, 1.54) is 28.7 Å². The molecule has 2 unspecified atom stereocenters. The van der Waals surface area contributed by atoms with E-state index in [0.29, 0.717) is 0 Å². The molecule has 2 atom stereocenters. The van der Waals surface area contributed by atoms with Gasteiger partial charge in [-0.3, -0.25) is 0 Å². The summed E-state index contributed by atoms with van der Waals surface area (Å²) in [5.74, 6) is 1.70. The van der Waals surface area contributed by atoms with Gasteiger partial charge in [0.2, 0.25) is 0 Å². The largest absolute Gasteiger partial charge is 0.0802 e. The molecule has 82 valence electrons. The number of hydrogen-bond acceptors (Lipinski definition) is 0. The first-order valence-electron chi connectivity index (χ1n) is 6.28. The number of aryl methyl sites for hydroxylation is 2. The third kappa shape index (κ3) is 1.63. The van der Waals surface area contributed by atoms with Gasteiger partial charge in [0.15, 0.2) is 0 Å². The van der Waals surface area contributed by atoms with Crippen LogP contribution in [0, 0.1) is 18.8 Å². The van der Waals surface area contributed by atoms with Crippen LogP contribution in [-0.2, 0) is 6.42 Å². The molecule has 1 aromatic carbocycles. The van der Waals surface area contributed by atoms with Gasteiger partial charge in [-0.05, 0) is 48.3 Å². The molecule has 2 aliphatic carbocycles. The highest BCUT2D eigenvalue weighted by Gasteiger charge is 2.35. The van der Waals surface area contributed by atoms with Crippen LogP contribution in [0.3, 0.4) is 0 Å². The zero-order chi connectivity index (χ0) is 11.1. The molecular formula is C16H18. The zero-order valence-electron chi connectivity index (χ0n) is 10.0. The van der Waals surface area contributed by atoms with Gasteiger partial charge in [-0.25, -0.2) is 0 Å². The van der Waals surface area contributed by atoms with E-state index >= 15 is 0 Å². The predicted molar refractivity (Wildman–Crippen MR) is 69.3 cm³/mol. The SMILES string of the molecule is CCc1cc(C)ccc1C1=CC2CC2C=C1. The van der Waals surface area contributed by atoms with E-state index in [-0.39, 0.29) is 0 Å². The van der Waals surface area contributed by atoms with Gasteiger partial charge in [-0.2, -0.15) is 0 Å². The molecule has 0 radical (unpaired) electrons. The number of fused-ring (bicyclic) bond motifs is 1. The highest BCUT2D eigenvalue weighted by Crippen LogP contribution is 2.46. The number of hydrogen-bond donors (Lipinski definition) is 0. The van der Waals surface area contributed by atoms with E-state index < -0.39 is 0 Å². The summed E-state index contributed by atoms with van der Waals surface area (Å²) in [7, 11) is 0. The highest BCUT2D eigenvalue weighted by atomic mass is 14.4. The van der Waals surface area contributed by atoms with Crippen LogP contribution in [0.4, 0.5) is 0 Å². The second-order valence-corrected chi connectivity index (χ2v) is 5.06. The van der Waals surface area contributed by atoms with Gasteiger partial charge in [-0.1, -0.05) is 48.9 Å². The van der Waals surface area contributed by atoms with Crippen molar-refractivity contribution in [1.82, 2.24) is 0 Å². The van der Waals surface area contributed by atoms with Crippen LogP contribution in [0.1, 0.15) is 30.0 Å². The van der Waals surface area contributed by atoms with Crippen LogP contribution < -0.4 is 0 Å². The lowest BCUT2D eigenvalue weighted by atomic mass is 9.93. The summed E-state index contributed by atoms with van der Waals surface area (Å²) in [6.45, 7) is 4.41. The van der Waals surface area contributed by atoms with Crippen LogP contribution in [-0.4, -0.2) is 0 Å². The second-order valence-electron chi connectivity index (χ2n) is 5.06. The normalized spacial score (nSPS) is 26.2. The van der Waals surface area contributed by atoms with Crippen LogP contribution in [0.2, 0.25) is 0 Å². The Morgan fingerprint density at radius 2 is 2.12 bits per heavy atom. The van der Waals surface area contributed by atoms with Crippen molar-refractivity contribution in [3.05, 3.63) is 53.1 Å². The molecule has 1 fully saturated rings. The fourth-order valence-electron chi connectivity index (χ4n) is 2.64. The van der Waals surface area contributed by atoms with Crippen LogP contribution in [0.25, 0.3) is 5.57 Å². The van der Waals surface area contributed by atoms with Crippen molar-refractivity contribution in [3.8, 4) is 0 Å². The molecule has 0 nitrogen and oxygen atoms in total. The third-order valence-corrected chi connectivity index (χ3v) is 3.76. The van der Waals surface area contributed by atoms with Crippen molar-refractivity contribution in [2.24, 2.45) is 11.8 Å². The third-order valence-electron chi connectivity index (χ3n) is 3.76. The molecule has 0 N–H and O–H groups in total. The minimum atomic E-state index is 0.839. The molecule has 0 bridgehead atoms. The van der Waals surface area contributed by atoms with E-state index in [1.54, 1.807) is 0 Å². The van der Waals surface area contributed by atoms with E-state index in [9.17, 15) is 0 Å². The van der Waals surface area contributed by atoms with Crippen LogP contribution >= 0.6 is 0 Å². The Morgan fingerprint density at radius 3 is 2.88 bits per heavy atom. The molecule has 16 heavy (non-hydrogen) atoms. The molecule has 3 rings (SSSR count). The average Bonchev–Trinajstić information content (AvgIpc) is 3.06. The summed E-state index contributed by atoms with van der Waals surface area (Å²) >= 11 is 0. The Morgan fingerprint density at radius 1 is 1.25 bits per heavy atom. The first-order chi connectivity index (χ1) is 7.78. The summed E-state index contributed by atoms with van der Waals surface area (Å²) in [4.78, 5) is 0. The summed E-state index contributed by atoms with van der Waals surface area (Å²) in [5.41, 5.74) is 5.73. The van der Waals surface area contributed by atoms with Crippen molar-refractivity contribution in [2.45, 2.75) is 26.7 Å². The topological polar surface area (TPSA) is 0 Å². The molecule has 0 heteroatoms. The summed E-state index contributed by atoms with van der Waals surface area (Å²) < 4.78 is 0. The van der Waals surface area contributed by atoms with Gasteiger partial charge in [0, 0.05) is 0 Å². The quantitative estimate of drug-likeness (QED) is 0.688. The average molecular weight is 210 g/mol. The van der Waals surface area contributed by atoms with Crippen molar-refractivity contribution in [1.29, 1.82) is 0 Å². The minimum absolute atomic E-state index is 0.839. The maximum atomic E-state index is 2.47. The smallest absolute Gasteiger partial charge is 0.0155 e. The fourth-order valence-corrected chi connectivity index (χ4v) is 2.64. The second kappa shape index (κ2) is 3.62. The minimum Gasteiger partial charge on any atom is -0.0802 e. The van der Waals surface area contributed by atoms with Gasteiger partial charge < -0.3 is 0 Å². The molecule has 0 aromatic heterocycles. The molecule has 0 aliphatic heterocycles. The molecule has 0 spiro atoms. The number of allylic oxidation sites excluding steroid dienone is 4. The fraction of sp³-hybridized carbons (Fsp3) is 0.375. The van der Waals surface area contributed by atoms with Gasteiger partial charge in [0.25, 0.3) is 0 Å². The highest BCUT2D eigenvalue weighted by molar-refractivity contribution is 5.78. The van der Waals surface area contributed by atoms with E-state index in [0.717, 1.165) is 18.3 Å². The van der Waals surface area contributed by atoms with E-state index in [2.05, 4.69) is 50.3 Å². The van der Waals surface area contributed by atoms with E-state index in [1.807, 2.05) is 0 Å². The summed E-state index contributed by atoms with van der Waals surface area (Å²) in [6, 6.07) is 6.83. The molecule has 1 aromatic rings. The van der Waals surface area contributed by atoms with Crippen LogP contribution in [0.15, 0.2) is 36.4 Å². The predicted octanol–water partition coefficient (Wildman–Crippen LogP) is 4.15. The molecule has 2 aliphatic rings. The molecule has 0 heterocycles. The van der Waals surface area contributed by atoms with Gasteiger partial charge in [0.05, 0.1) is 0 Å².